The Balaban J connectivity index is 2.90. The van der Waals surface area contributed by atoms with Crippen LogP contribution in [0, 0.1) is 0 Å². The van der Waals surface area contributed by atoms with Crippen molar-refractivity contribution in [2.24, 2.45) is 5.73 Å². The summed E-state index contributed by atoms with van der Waals surface area (Å²) in [6, 6.07) is 0. The number of aromatic nitrogens is 2. The van der Waals surface area contributed by atoms with E-state index in [0.717, 1.165) is 6.54 Å². The SMILES string of the molecule is CCN(CCC(N)=S)c1nc[nH]c(=O)c1Br. The quantitative estimate of drug-likeness (QED) is 0.795. The maximum absolute atomic E-state index is 11.4. The van der Waals surface area contributed by atoms with Crippen molar-refractivity contribution in [1.29, 1.82) is 0 Å². The molecule has 0 bridgehead atoms. The highest BCUT2D eigenvalue weighted by Gasteiger charge is 2.12. The maximum Gasteiger partial charge on any atom is 0.267 e. The topological polar surface area (TPSA) is 75.0 Å². The zero-order valence-corrected chi connectivity index (χ0v) is 11.3. The molecule has 0 aliphatic carbocycles. The van der Waals surface area contributed by atoms with E-state index < -0.39 is 0 Å². The first kappa shape index (κ1) is 13.1. The Morgan fingerprint density at radius 3 is 3.00 bits per heavy atom. The number of nitrogens with zero attached hydrogens (tertiary/aromatic N) is 2. The summed E-state index contributed by atoms with van der Waals surface area (Å²) in [4.78, 5) is 20.4. The van der Waals surface area contributed by atoms with Gasteiger partial charge in [0.15, 0.2) is 0 Å². The third kappa shape index (κ3) is 3.28. The van der Waals surface area contributed by atoms with Gasteiger partial charge in [-0.05, 0) is 22.9 Å². The van der Waals surface area contributed by atoms with E-state index in [1.807, 2.05) is 11.8 Å². The van der Waals surface area contributed by atoms with Gasteiger partial charge in [-0.25, -0.2) is 4.98 Å². The molecule has 0 atom stereocenters. The van der Waals surface area contributed by atoms with Crippen molar-refractivity contribution in [2.45, 2.75) is 13.3 Å². The Morgan fingerprint density at radius 1 is 1.75 bits per heavy atom. The van der Waals surface area contributed by atoms with Crippen LogP contribution in [0.1, 0.15) is 13.3 Å². The van der Waals surface area contributed by atoms with Gasteiger partial charge in [0.1, 0.15) is 10.3 Å². The molecule has 1 aromatic rings. The second-order valence-corrected chi connectivity index (χ2v) is 4.48. The zero-order valence-electron chi connectivity index (χ0n) is 8.86. The van der Waals surface area contributed by atoms with Gasteiger partial charge in [0.05, 0.1) is 11.3 Å². The summed E-state index contributed by atoms with van der Waals surface area (Å²) < 4.78 is 0.430. The van der Waals surface area contributed by atoms with Gasteiger partial charge in [0.25, 0.3) is 5.56 Å². The molecule has 0 aliphatic heterocycles. The number of anilines is 1. The van der Waals surface area contributed by atoms with E-state index in [1.54, 1.807) is 0 Å². The first-order chi connectivity index (χ1) is 7.56. The summed E-state index contributed by atoms with van der Waals surface area (Å²) in [7, 11) is 0. The van der Waals surface area contributed by atoms with Crippen molar-refractivity contribution in [2.75, 3.05) is 18.0 Å². The van der Waals surface area contributed by atoms with Crippen LogP contribution in [-0.4, -0.2) is 28.0 Å². The van der Waals surface area contributed by atoms with E-state index in [1.165, 1.54) is 6.33 Å². The number of hydrogen-bond donors (Lipinski definition) is 2. The smallest absolute Gasteiger partial charge is 0.267 e. The van der Waals surface area contributed by atoms with Gasteiger partial charge in [-0.2, -0.15) is 0 Å². The second-order valence-electron chi connectivity index (χ2n) is 3.17. The molecule has 0 amide bonds. The molecule has 0 saturated heterocycles. The Kier molecular flexibility index (Phi) is 4.88. The average molecular weight is 305 g/mol. The molecule has 0 unspecified atom stereocenters. The number of halogens is 1. The lowest BCUT2D eigenvalue weighted by Gasteiger charge is -2.22. The lowest BCUT2D eigenvalue weighted by Crippen LogP contribution is -2.29. The van der Waals surface area contributed by atoms with Crippen molar-refractivity contribution >= 4 is 39.0 Å². The van der Waals surface area contributed by atoms with Gasteiger partial charge >= 0.3 is 0 Å². The molecule has 0 saturated carbocycles. The monoisotopic (exact) mass is 304 g/mol. The molecule has 3 N–H and O–H groups in total. The van der Waals surface area contributed by atoms with E-state index in [0.29, 0.717) is 28.2 Å². The summed E-state index contributed by atoms with van der Waals surface area (Å²) in [6.07, 6.45) is 1.98. The summed E-state index contributed by atoms with van der Waals surface area (Å²) in [5.41, 5.74) is 5.25. The summed E-state index contributed by atoms with van der Waals surface area (Å²) in [5.74, 6) is 0.613. The molecule has 5 nitrogen and oxygen atoms in total. The first-order valence-corrected chi connectivity index (χ1v) is 6.02. The zero-order chi connectivity index (χ0) is 12.1. The Morgan fingerprint density at radius 2 is 2.44 bits per heavy atom. The van der Waals surface area contributed by atoms with Crippen LogP contribution in [0.5, 0.6) is 0 Å². The highest BCUT2D eigenvalue weighted by Crippen LogP contribution is 2.18. The molecular formula is C9H13BrN4OS. The van der Waals surface area contributed by atoms with Crippen LogP contribution < -0.4 is 16.2 Å². The van der Waals surface area contributed by atoms with Gasteiger partial charge in [-0.1, -0.05) is 12.2 Å². The summed E-state index contributed by atoms with van der Waals surface area (Å²) in [5, 5.41) is 0. The minimum absolute atomic E-state index is 0.196. The fourth-order valence-corrected chi connectivity index (χ4v) is 1.81. The fourth-order valence-electron chi connectivity index (χ4n) is 1.25. The standard InChI is InChI=1S/C9H13BrN4OS/c1-2-14(4-3-6(11)16)8-7(10)9(15)13-5-12-8/h5H,2-4H2,1H3,(H2,11,16)(H,12,13,15). The molecule has 1 rings (SSSR count). The minimum Gasteiger partial charge on any atom is -0.393 e. The van der Waals surface area contributed by atoms with Crippen LogP contribution in [0.15, 0.2) is 15.6 Å². The van der Waals surface area contributed by atoms with Gasteiger partial charge in [0, 0.05) is 19.5 Å². The van der Waals surface area contributed by atoms with Crippen LogP contribution in [0.3, 0.4) is 0 Å². The Bertz CT molecular complexity index is 434. The van der Waals surface area contributed by atoms with Crippen molar-refractivity contribution in [3.63, 3.8) is 0 Å². The predicted octanol–water partition coefficient (Wildman–Crippen LogP) is 1.03. The van der Waals surface area contributed by atoms with E-state index in [-0.39, 0.29) is 5.56 Å². The normalized spacial score (nSPS) is 10.1. The van der Waals surface area contributed by atoms with Crippen LogP contribution in [-0.2, 0) is 0 Å². The molecule has 0 aromatic carbocycles. The molecule has 0 fully saturated rings. The lowest BCUT2D eigenvalue weighted by molar-refractivity contribution is 0.810. The number of nitrogens with one attached hydrogen (secondary N) is 1. The van der Waals surface area contributed by atoms with Gasteiger partial charge in [-0.15, -0.1) is 0 Å². The van der Waals surface area contributed by atoms with Gasteiger partial charge in [0.2, 0.25) is 0 Å². The molecule has 1 aromatic heterocycles. The van der Waals surface area contributed by atoms with Crippen molar-refractivity contribution in [1.82, 2.24) is 9.97 Å². The highest BCUT2D eigenvalue weighted by molar-refractivity contribution is 9.10. The lowest BCUT2D eigenvalue weighted by atomic mass is 10.3. The largest absolute Gasteiger partial charge is 0.393 e. The molecule has 0 aliphatic rings. The maximum atomic E-state index is 11.4. The van der Waals surface area contributed by atoms with Crippen LogP contribution in [0.4, 0.5) is 5.82 Å². The van der Waals surface area contributed by atoms with E-state index in [4.69, 9.17) is 18.0 Å². The molecule has 0 radical (unpaired) electrons. The van der Waals surface area contributed by atoms with E-state index >= 15 is 0 Å². The predicted molar refractivity (Wildman–Crippen MR) is 71.8 cm³/mol. The van der Waals surface area contributed by atoms with Crippen LogP contribution in [0.25, 0.3) is 0 Å². The third-order valence-corrected chi connectivity index (χ3v) is 3.01. The van der Waals surface area contributed by atoms with Crippen molar-refractivity contribution in [3.8, 4) is 0 Å². The number of nitrogens with two attached hydrogens (primary N) is 1. The van der Waals surface area contributed by atoms with E-state index in [2.05, 4.69) is 25.9 Å². The van der Waals surface area contributed by atoms with Crippen molar-refractivity contribution in [3.05, 3.63) is 21.2 Å². The molecule has 1 heterocycles. The van der Waals surface area contributed by atoms with E-state index in [9.17, 15) is 4.79 Å². The third-order valence-electron chi connectivity index (χ3n) is 2.09. The van der Waals surface area contributed by atoms with Gasteiger partial charge < -0.3 is 15.6 Å². The molecule has 16 heavy (non-hydrogen) atoms. The average Bonchev–Trinajstić information content (AvgIpc) is 2.24. The fraction of sp³-hybridized carbons (Fsp3) is 0.444. The second kappa shape index (κ2) is 5.95. The number of H-pyrrole nitrogens is 1. The van der Waals surface area contributed by atoms with Crippen LogP contribution in [0.2, 0.25) is 0 Å². The molecule has 0 spiro atoms. The number of hydrogen-bond acceptors (Lipinski definition) is 4. The van der Waals surface area contributed by atoms with Gasteiger partial charge in [-0.3, -0.25) is 4.79 Å². The number of thiocarbonyl (C=S) groups is 1. The summed E-state index contributed by atoms with van der Waals surface area (Å²) in [6.45, 7) is 3.37. The van der Waals surface area contributed by atoms with Crippen molar-refractivity contribution < 1.29 is 0 Å². The number of rotatable bonds is 5. The Labute approximate surface area is 107 Å². The minimum atomic E-state index is -0.196. The highest BCUT2D eigenvalue weighted by atomic mass is 79.9. The number of aromatic amines is 1. The molecule has 7 heteroatoms. The molecule has 88 valence electrons. The first-order valence-electron chi connectivity index (χ1n) is 4.82. The van der Waals surface area contributed by atoms with Crippen LogP contribution >= 0.6 is 28.1 Å². The molecular weight excluding hydrogens is 292 g/mol. The summed E-state index contributed by atoms with van der Waals surface area (Å²) >= 11 is 8.04. The Hall–Kier alpha value is -0.950.